The van der Waals surface area contributed by atoms with Gasteiger partial charge in [0.25, 0.3) is 0 Å². The smallest absolute Gasteiger partial charge is 0.137 e. The topological polar surface area (TPSA) is 53.6 Å². The standard InChI is InChI=1S/C10H20N4/c1-2-3-4-7-11-8-5-6-10-12-9-13-14-10/h9,11H,2-8H2,1H3,(H,12,13,14). The highest BCUT2D eigenvalue weighted by molar-refractivity contribution is 4.79. The maximum absolute atomic E-state index is 4.07. The van der Waals surface area contributed by atoms with Crippen LogP contribution in [-0.2, 0) is 6.42 Å². The first kappa shape index (κ1) is 11.2. The Balaban J connectivity index is 1.85. The molecule has 0 amide bonds. The van der Waals surface area contributed by atoms with Gasteiger partial charge in [0, 0.05) is 6.42 Å². The molecule has 4 nitrogen and oxygen atoms in total. The number of aryl methyl sites for hydroxylation is 1. The molecule has 0 aliphatic heterocycles. The largest absolute Gasteiger partial charge is 0.317 e. The van der Waals surface area contributed by atoms with E-state index in [0.717, 1.165) is 31.8 Å². The van der Waals surface area contributed by atoms with Crippen LogP contribution in [0.5, 0.6) is 0 Å². The average Bonchev–Trinajstić information content (AvgIpc) is 2.69. The van der Waals surface area contributed by atoms with E-state index in [1.165, 1.54) is 19.3 Å². The van der Waals surface area contributed by atoms with Crippen molar-refractivity contribution in [1.82, 2.24) is 20.5 Å². The van der Waals surface area contributed by atoms with E-state index < -0.39 is 0 Å². The SMILES string of the molecule is CCCCCNCCCc1ncn[nH]1. The first-order valence-corrected chi connectivity index (χ1v) is 5.48. The van der Waals surface area contributed by atoms with Gasteiger partial charge in [-0.1, -0.05) is 19.8 Å². The van der Waals surface area contributed by atoms with Gasteiger partial charge in [-0.05, 0) is 25.9 Å². The normalized spacial score (nSPS) is 10.6. The number of rotatable bonds is 8. The lowest BCUT2D eigenvalue weighted by Gasteiger charge is -2.02. The van der Waals surface area contributed by atoms with Gasteiger partial charge >= 0.3 is 0 Å². The third-order valence-electron chi connectivity index (χ3n) is 2.19. The molecule has 0 aromatic carbocycles. The number of unbranched alkanes of at least 4 members (excludes halogenated alkanes) is 2. The molecule has 1 aromatic heterocycles. The van der Waals surface area contributed by atoms with Crippen LogP contribution in [0.1, 0.15) is 38.4 Å². The van der Waals surface area contributed by atoms with E-state index in [1.807, 2.05) is 0 Å². The fourth-order valence-electron chi connectivity index (χ4n) is 1.36. The molecule has 4 heteroatoms. The van der Waals surface area contributed by atoms with Crippen LogP contribution in [0.2, 0.25) is 0 Å². The van der Waals surface area contributed by atoms with Crippen LogP contribution < -0.4 is 5.32 Å². The fourth-order valence-corrected chi connectivity index (χ4v) is 1.36. The molecule has 1 aromatic rings. The Labute approximate surface area is 85.5 Å². The van der Waals surface area contributed by atoms with Gasteiger partial charge < -0.3 is 5.32 Å². The molecule has 0 aliphatic rings. The van der Waals surface area contributed by atoms with Gasteiger partial charge in [-0.25, -0.2) is 4.98 Å². The second kappa shape index (κ2) is 7.50. The first-order valence-electron chi connectivity index (χ1n) is 5.48. The zero-order valence-electron chi connectivity index (χ0n) is 8.92. The highest BCUT2D eigenvalue weighted by Crippen LogP contribution is 1.93. The van der Waals surface area contributed by atoms with E-state index in [4.69, 9.17) is 0 Å². The van der Waals surface area contributed by atoms with E-state index in [0.29, 0.717) is 0 Å². The van der Waals surface area contributed by atoms with Crippen molar-refractivity contribution < 1.29 is 0 Å². The molecule has 0 fully saturated rings. The summed E-state index contributed by atoms with van der Waals surface area (Å²) in [6.07, 6.45) is 7.58. The average molecular weight is 196 g/mol. The maximum atomic E-state index is 4.07. The third-order valence-corrected chi connectivity index (χ3v) is 2.19. The van der Waals surface area contributed by atoms with Crippen molar-refractivity contribution in [3.05, 3.63) is 12.2 Å². The maximum Gasteiger partial charge on any atom is 0.137 e. The molecule has 1 rings (SSSR count). The molecule has 0 radical (unpaired) electrons. The van der Waals surface area contributed by atoms with Gasteiger partial charge in [-0.3, -0.25) is 5.10 Å². The summed E-state index contributed by atoms with van der Waals surface area (Å²) in [5.74, 6) is 0.986. The molecular formula is C10H20N4. The van der Waals surface area contributed by atoms with Crippen molar-refractivity contribution >= 4 is 0 Å². The third kappa shape index (κ3) is 4.97. The van der Waals surface area contributed by atoms with Gasteiger partial charge in [0.2, 0.25) is 0 Å². The summed E-state index contributed by atoms with van der Waals surface area (Å²) in [6.45, 7) is 4.44. The fraction of sp³-hybridized carbons (Fsp3) is 0.800. The van der Waals surface area contributed by atoms with Crippen LogP contribution in [0.3, 0.4) is 0 Å². The molecule has 2 N–H and O–H groups in total. The quantitative estimate of drug-likeness (QED) is 0.620. The van der Waals surface area contributed by atoms with E-state index >= 15 is 0 Å². The lowest BCUT2D eigenvalue weighted by molar-refractivity contribution is 0.595. The van der Waals surface area contributed by atoms with Crippen LogP contribution in [0.25, 0.3) is 0 Å². The Morgan fingerprint density at radius 3 is 2.86 bits per heavy atom. The van der Waals surface area contributed by atoms with Crippen molar-refractivity contribution in [3.8, 4) is 0 Å². The Bertz CT molecular complexity index is 208. The zero-order valence-corrected chi connectivity index (χ0v) is 8.92. The Morgan fingerprint density at radius 1 is 1.29 bits per heavy atom. The highest BCUT2D eigenvalue weighted by Gasteiger charge is 1.94. The number of H-pyrrole nitrogens is 1. The van der Waals surface area contributed by atoms with Crippen molar-refractivity contribution in [3.63, 3.8) is 0 Å². The number of aromatic amines is 1. The lowest BCUT2D eigenvalue weighted by Crippen LogP contribution is -2.17. The lowest BCUT2D eigenvalue weighted by atomic mass is 10.2. The molecule has 0 aliphatic carbocycles. The summed E-state index contributed by atoms with van der Waals surface area (Å²) in [5.41, 5.74) is 0. The number of hydrogen-bond donors (Lipinski definition) is 2. The number of nitrogens with one attached hydrogen (secondary N) is 2. The van der Waals surface area contributed by atoms with E-state index in [1.54, 1.807) is 6.33 Å². The van der Waals surface area contributed by atoms with Gasteiger partial charge in [0.05, 0.1) is 0 Å². The summed E-state index contributed by atoms with van der Waals surface area (Å²) < 4.78 is 0. The van der Waals surface area contributed by atoms with E-state index in [2.05, 4.69) is 27.4 Å². The molecule has 0 saturated carbocycles. The summed E-state index contributed by atoms with van der Waals surface area (Å²) in [6, 6.07) is 0. The molecule has 0 bridgehead atoms. The molecule has 0 unspecified atom stereocenters. The molecule has 0 atom stereocenters. The van der Waals surface area contributed by atoms with E-state index in [-0.39, 0.29) is 0 Å². The molecule has 1 heterocycles. The summed E-state index contributed by atoms with van der Waals surface area (Å²) in [5, 5.41) is 10.1. The van der Waals surface area contributed by atoms with Crippen LogP contribution in [0, 0.1) is 0 Å². The minimum Gasteiger partial charge on any atom is -0.317 e. The molecule has 80 valence electrons. The van der Waals surface area contributed by atoms with Gasteiger partial charge in [0.15, 0.2) is 0 Å². The Hall–Kier alpha value is -0.900. The molecule has 0 spiro atoms. The van der Waals surface area contributed by atoms with Crippen molar-refractivity contribution in [2.75, 3.05) is 13.1 Å². The van der Waals surface area contributed by atoms with Crippen molar-refractivity contribution in [1.29, 1.82) is 0 Å². The summed E-state index contributed by atoms with van der Waals surface area (Å²) in [7, 11) is 0. The predicted molar refractivity (Wildman–Crippen MR) is 57.1 cm³/mol. The second-order valence-electron chi connectivity index (χ2n) is 3.49. The summed E-state index contributed by atoms with van der Waals surface area (Å²) in [4.78, 5) is 4.07. The molecular weight excluding hydrogens is 176 g/mol. The summed E-state index contributed by atoms with van der Waals surface area (Å²) >= 11 is 0. The van der Waals surface area contributed by atoms with Crippen LogP contribution >= 0.6 is 0 Å². The monoisotopic (exact) mass is 196 g/mol. The minimum atomic E-state index is 0.986. The van der Waals surface area contributed by atoms with Crippen LogP contribution in [-0.4, -0.2) is 28.3 Å². The molecule has 14 heavy (non-hydrogen) atoms. The minimum absolute atomic E-state index is 0.986. The molecule has 0 saturated heterocycles. The number of nitrogens with zero attached hydrogens (tertiary/aromatic N) is 2. The van der Waals surface area contributed by atoms with E-state index in [9.17, 15) is 0 Å². The number of hydrogen-bond acceptors (Lipinski definition) is 3. The Morgan fingerprint density at radius 2 is 2.14 bits per heavy atom. The highest BCUT2D eigenvalue weighted by atomic mass is 15.2. The van der Waals surface area contributed by atoms with Gasteiger partial charge in [-0.15, -0.1) is 0 Å². The predicted octanol–water partition coefficient (Wildman–Crippen LogP) is 1.52. The van der Waals surface area contributed by atoms with Gasteiger partial charge in [-0.2, -0.15) is 5.10 Å². The van der Waals surface area contributed by atoms with Crippen LogP contribution in [0.4, 0.5) is 0 Å². The van der Waals surface area contributed by atoms with Gasteiger partial charge in [0.1, 0.15) is 12.2 Å². The van der Waals surface area contributed by atoms with Crippen molar-refractivity contribution in [2.24, 2.45) is 0 Å². The first-order chi connectivity index (χ1) is 6.93. The van der Waals surface area contributed by atoms with Crippen LogP contribution in [0.15, 0.2) is 6.33 Å². The second-order valence-corrected chi connectivity index (χ2v) is 3.49. The zero-order chi connectivity index (χ0) is 10.1. The number of aromatic nitrogens is 3. The van der Waals surface area contributed by atoms with Crippen molar-refractivity contribution in [2.45, 2.75) is 39.0 Å². The Kier molecular flexibility index (Phi) is 5.99.